The third kappa shape index (κ3) is 5.60. The SMILES string of the molecule is CC1(C)[C@@H](OC(=O)CCC(=O)O)CC[C@]2(C)[C@H]3C(=O)C=C4[C@@H]5C[C@@](C)(C(=O)O)CC[C@]5(C)CC[C@@]4(C)[C@]3(C)CC[C@@H]12.[NaH].[NaH]. The molecule has 0 heterocycles. The molecule has 4 saturated carbocycles. The van der Waals surface area contributed by atoms with Crippen LogP contribution in [0.1, 0.15) is 119 Å². The van der Waals surface area contributed by atoms with E-state index in [1.807, 2.05) is 13.0 Å². The van der Waals surface area contributed by atoms with Crippen LogP contribution in [0.2, 0.25) is 0 Å². The maximum atomic E-state index is 14.5. The van der Waals surface area contributed by atoms with E-state index in [1.165, 1.54) is 5.57 Å². The van der Waals surface area contributed by atoms with Crippen molar-refractivity contribution < 1.29 is 34.1 Å². The Hall–Kier alpha value is -0.180. The number of ketones is 1. The fourth-order valence-electron chi connectivity index (χ4n) is 11.0. The molecule has 9 heteroatoms. The van der Waals surface area contributed by atoms with Gasteiger partial charge < -0.3 is 14.9 Å². The van der Waals surface area contributed by atoms with Gasteiger partial charge in [0.1, 0.15) is 6.10 Å². The second-order valence-corrected chi connectivity index (χ2v) is 16.3. The summed E-state index contributed by atoms with van der Waals surface area (Å²) in [6.07, 6.45) is 8.80. The third-order valence-electron chi connectivity index (χ3n) is 13.8. The van der Waals surface area contributed by atoms with Crippen molar-refractivity contribution >= 4 is 82.8 Å². The summed E-state index contributed by atoms with van der Waals surface area (Å²) in [6.45, 7) is 15.5. The molecule has 5 rings (SSSR count). The van der Waals surface area contributed by atoms with Gasteiger partial charge in [-0.2, -0.15) is 0 Å². The third-order valence-corrected chi connectivity index (χ3v) is 13.8. The molecule has 0 aliphatic heterocycles. The predicted molar refractivity (Wildman–Crippen MR) is 168 cm³/mol. The van der Waals surface area contributed by atoms with Crippen molar-refractivity contribution in [3.05, 3.63) is 11.6 Å². The molecule has 5 aliphatic rings. The van der Waals surface area contributed by atoms with Crippen LogP contribution in [0.5, 0.6) is 0 Å². The van der Waals surface area contributed by atoms with Crippen molar-refractivity contribution in [2.45, 2.75) is 125 Å². The van der Waals surface area contributed by atoms with Crippen LogP contribution in [-0.4, -0.2) is 99.1 Å². The van der Waals surface area contributed by atoms with Gasteiger partial charge in [-0.05, 0) is 104 Å². The van der Waals surface area contributed by atoms with E-state index in [1.54, 1.807) is 0 Å². The summed E-state index contributed by atoms with van der Waals surface area (Å²) in [5, 5.41) is 19.1. The van der Waals surface area contributed by atoms with Gasteiger partial charge in [-0.1, -0.05) is 47.1 Å². The molecule has 0 spiro atoms. The molecule has 0 saturated heterocycles. The zero-order valence-electron chi connectivity index (χ0n) is 26.1. The first-order valence-corrected chi connectivity index (χ1v) is 15.7. The molecule has 43 heavy (non-hydrogen) atoms. The number of rotatable bonds is 5. The number of carbonyl (C=O) groups excluding carboxylic acids is 2. The molecule has 2 N–H and O–H groups in total. The van der Waals surface area contributed by atoms with Gasteiger partial charge in [0.2, 0.25) is 0 Å². The molecule has 0 radical (unpaired) electrons. The van der Waals surface area contributed by atoms with E-state index in [2.05, 4.69) is 41.5 Å². The van der Waals surface area contributed by atoms with Crippen LogP contribution in [0.4, 0.5) is 0 Å². The van der Waals surface area contributed by atoms with Crippen LogP contribution in [0.3, 0.4) is 0 Å². The Balaban J connectivity index is 0.00000253. The molecule has 9 atom stereocenters. The molecule has 0 bridgehead atoms. The molecule has 232 valence electrons. The number of carboxylic acids is 2. The van der Waals surface area contributed by atoms with E-state index < -0.39 is 23.3 Å². The van der Waals surface area contributed by atoms with Crippen LogP contribution >= 0.6 is 0 Å². The molecular formula is C34H52Na2O7. The van der Waals surface area contributed by atoms with Gasteiger partial charge in [0, 0.05) is 11.3 Å². The van der Waals surface area contributed by atoms with Crippen molar-refractivity contribution in [2.75, 3.05) is 0 Å². The summed E-state index contributed by atoms with van der Waals surface area (Å²) < 4.78 is 5.91. The summed E-state index contributed by atoms with van der Waals surface area (Å²) in [7, 11) is 0. The Morgan fingerprint density at radius 1 is 0.860 bits per heavy atom. The Kier molecular flexibility index (Phi) is 10.5. The van der Waals surface area contributed by atoms with Crippen molar-refractivity contribution in [2.24, 2.45) is 50.2 Å². The van der Waals surface area contributed by atoms with Crippen LogP contribution < -0.4 is 0 Å². The Labute approximate surface area is 301 Å². The zero-order chi connectivity index (χ0) is 30.4. The van der Waals surface area contributed by atoms with E-state index in [9.17, 15) is 24.3 Å². The molecule has 4 fully saturated rings. The number of hydrogen-bond acceptors (Lipinski definition) is 5. The van der Waals surface area contributed by atoms with Gasteiger partial charge >= 0.3 is 77.0 Å². The van der Waals surface area contributed by atoms with Gasteiger partial charge in [0.15, 0.2) is 5.78 Å². The Bertz CT molecular complexity index is 1210. The minimum absolute atomic E-state index is 0. The topological polar surface area (TPSA) is 118 Å². The average molecular weight is 619 g/mol. The monoisotopic (exact) mass is 618 g/mol. The molecule has 5 aliphatic carbocycles. The number of fused-ring (bicyclic) bond motifs is 7. The molecule has 0 amide bonds. The quantitative estimate of drug-likeness (QED) is 0.307. The summed E-state index contributed by atoms with van der Waals surface area (Å²) in [5.41, 5.74) is -0.553. The van der Waals surface area contributed by atoms with Crippen LogP contribution in [-0.2, 0) is 23.9 Å². The number of esters is 1. The van der Waals surface area contributed by atoms with E-state index in [0.717, 1.165) is 38.5 Å². The Morgan fingerprint density at radius 2 is 1.49 bits per heavy atom. The van der Waals surface area contributed by atoms with Crippen LogP contribution in [0.25, 0.3) is 0 Å². The normalized spacial score (nSPS) is 44.4. The Morgan fingerprint density at radius 3 is 2.09 bits per heavy atom. The van der Waals surface area contributed by atoms with Crippen LogP contribution in [0.15, 0.2) is 11.6 Å². The second kappa shape index (κ2) is 12.1. The maximum absolute atomic E-state index is 14.5. The molecule has 7 nitrogen and oxygen atoms in total. The zero-order valence-corrected chi connectivity index (χ0v) is 26.1. The van der Waals surface area contributed by atoms with Gasteiger partial charge in [0.25, 0.3) is 0 Å². The number of carbonyl (C=O) groups is 4. The van der Waals surface area contributed by atoms with Crippen molar-refractivity contribution in [3.8, 4) is 0 Å². The molecular weight excluding hydrogens is 566 g/mol. The first-order valence-electron chi connectivity index (χ1n) is 15.7. The van der Waals surface area contributed by atoms with E-state index in [0.29, 0.717) is 19.3 Å². The summed E-state index contributed by atoms with van der Waals surface area (Å²) in [5.74, 6) is -1.87. The summed E-state index contributed by atoms with van der Waals surface area (Å²) in [4.78, 5) is 50.3. The first kappa shape index (κ1) is 37.3. The fraction of sp³-hybridized carbons (Fsp3) is 0.824. The first-order chi connectivity index (χ1) is 18.8. The molecule has 0 aromatic heterocycles. The summed E-state index contributed by atoms with van der Waals surface area (Å²) in [6, 6.07) is 0. The van der Waals surface area contributed by atoms with Gasteiger partial charge in [0.05, 0.1) is 18.3 Å². The van der Waals surface area contributed by atoms with Gasteiger partial charge in [-0.25, -0.2) is 0 Å². The van der Waals surface area contributed by atoms with Crippen molar-refractivity contribution in [1.29, 1.82) is 0 Å². The minimum atomic E-state index is -1.01. The number of hydrogen-bond donors (Lipinski definition) is 2. The van der Waals surface area contributed by atoms with E-state index in [-0.39, 0.29) is 129 Å². The summed E-state index contributed by atoms with van der Waals surface area (Å²) >= 11 is 0. The number of ether oxygens (including phenoxy) is 1. The van der Waals surface area contributed by atoms with Crippen molar-refractivity contribution in [1.82, 2.24) is 0 Å². The van der Waals surface area contributed by atoms with Gasteiger partial charge in [-0.15, -0.1) is 0 Å². The second-order valence-electron chi connectivity index (χ2n) is 16.3. The predicted octanol–water partition coefficient (Wildman–Crippen LogP) is 5.53. The number of aliphatic carboxylic acids is 2. The van der Waals surface area contributed by atoms with Crippen molar-refractivity contribution in [3.63, 3.8) is 0 Å². The number of carboxylic acid groups (broad SMARTS) is 2. The van der Waals surface area contributed by atoms with Crippen LogP contribution in [0, 0.1) is 50.2 Å². The van der Waals surface area contributed by atoms with E-state index >= 15 is 0 Å². The average Bonchev–Trinajstić information content (AvgIpc) is 2.86. The number of allylic oxidation sites excluding steroid dienone is 2. The van der Waals surface area contributed by atoms with E-state index in [4.69, 9.17) is 9.84 Å². The standard InChI is InChI=1S/C34H50O7.2Na.2H/c1-29(2)23-10-13-34(7)27(32(23,5)12-11-24(29)41-26(38)9-8-25(36)37)22(35)18-20-21-19-31(4,28(39)40)15-14-30(21,3)16-17-33(20,34)6;;;;/h18,21,23-24,27H,8-17,19H2,1-7H3,(H,36,37)(H,39,40);;;;/t21-,23-,24-,27+,30+,31-,32-,33+,34+;;;;/m0..../s1. The molecule has 0 aromatic carbocycles. The molecule has 0 aromatic rings. The molecule has 0 unspecified atom stereocenters. The van der Waals surface area contributed by atoms with Gasteiger partial charge in [-0.3, -0.25) is 19.2 Å². The fourth-order valence-corrected chi connectivity index (χ4v) is 11.0.